The molecule has 1 atom stereocenters. The van der Waals surface area contributed by atoms with E-state index in [0.29, 0.717) is 25.7 Å². The number of nitrogens with one attached hydrogen (secondary N) is 3. The van der Waals surface area contributed by atoms with E-state index in [2.05, 4.69) is 47.1 Å². The molecule has 30 heavy (non-hydrogen) atoms. The quantitative estimate of drug-likeness (QED) is 0.617. The molecule has 2 fully saturated rings. The van der Waals surface area contributed by atoms with Crippen LogP contribution in [0.4, 0.5) is 4.79 Å². The smallest absolute Gasteiger partial charge is 0.322 e. The van der Waals surface area contributed by atoms with Crippen LogP contribution in [0, 0.1) is 5.92 Å². The third-order valence-corrected chi connectivity index (χ3v) is 7.13. The maximum atomic E-state index is 13.1. The van der Waals surface area contributed by atoms with E-state index in [1.165, 1.54) is 5.56 Å². The van der Waals surface area contributed by atoms with Crippen LogP contribution < -0.4 is 16.0 Å². The van der Waals surface area contributed by atoms with Crippen LogP contribution in [0.3, 0.4) is 0 Å². The molecule has 4 amide bonds. The Bertz CT molecular complexity index is 916. The fraction of sp³-hybridized carbons (Fsp3) is 0.435. The summed E-state index contributed by atoms with van der Waals surface area (Å²) in [5.74, 6) is -0.427. The first-order valence-corrected chi connectivity index (χ1v) is 11.4. The molecule has 1 aliphatic heterocycles. The number of urea groups is 1. The van der Waals surface area contributed by atoms with Gasteiger partial charge in [0.05, 0.1) is 6.04 Å². The van der Waals surface area contributed by atoms with Gasteiger partial charge in [-0.05, 0) is 54.7 Å². The highest BCUT2D eigenvalue weighted by atomic mass is 32.1. The molecule has 1 unspecified atom stereocenters. The molecule has 1 aliphatic carbocycles. The molecule has 2 aliphatic rings. The first-order valence-electron chi connectivity index (χ1n) is 10.6. The van der Waals surface area contributed by atoms with Crippen LogP contribution in [-0.4, -0.2) is 23.4 Å². The van der Waals surface area contributed by atoms with E-state index in [0.717, 1.165) is 23.3 Å². The molecule has 0 radical (unpaired) electrons. The summed E-state index contributed by atoms with van der Waals surface area (Å²) in [6.07, 6.45) is 4.27. The van der Waals surface area contributed by atoms with Gasteiger partial charge in [-0.15, -0.1) is 11.3 Å². The van der Waals surface area contributed by atoms with Crippen LogP contribution >= 0.6 is 11.3 Å². The second-order valence-electron chi connectivity index (χ2n) is 8.21. The van der Waals surface area contributed by atoms with Gasteiger partial charge in [0.15, 0.2) is 0 Å². The van der Waals surface area contributed by atoms with E-state index in [1.54, 1.807) is 11.3 Å². The van der Waals surface area contributed by atoms with E-state index < -0.39 is 11.6 Å². The van der Waals surface area contributed by atoms with Crippen LogP contribution in [0.15, 0.2) is 41.8 Å². The van der Waals surface area contributed by atoms with Crippen molar-refractivity contribution in [3.63, 3.8) is 0 Å². The van der Waals surface area contributed by atoms with Crippen molar-refractivity contribution in [2.75, 3.05) is 0 Å². The lowest BCUT2D eigenvalue weighted by Gasteiger charge is -2.34. The van der Waals surface area contributed by atoms with Gasteiger partial charge in [-0.25, -0.2) is 4.79 Å². The highest BCUT2D eigenvalue weighted by Gasteiger charge is 2.49. The fourth-order valence-electron chi connectivity index (χ4n) is 4.45. The van der Waals surface area contributed by atoms with Crippen LogP contribution in [0.2, 0.25) is 0 Å². The first kappa shape index (κ1) is 20.6. The van der Waals surface area contributed by atoms with Gasteiger partial charge in [-0.3, -0.25) is 14.9 Å². The van der Waals surface area contributed by atoms with Crippen molar-refractivity contribution < 1.29 is 14.4 Å². The summed E-state index contributed by atoms with van der Waals surface area (Å²) < 4.78 is 0. The number of carbonyl (C=O) groups excluding carboxylic acids is 3. The lowest BCUT2D eigenvalue weighted by molar-refractivity contribution is -0.130. The Morgan fingerprint density at radius 3 is 2.50 bits per heavy atom. The van der Waals surface area contributed by atoms with E-state index in [-0.39, 0.29) is 23.8 Å². The van der Waals surface area contributed by atoms with Gasteiger partial charge in [0.25, 0.3) is 5.91 Å². The van der Waals surface area contributed by atoms with Gasteiger partial charge in [-0.1, -0.05) is 43.7 Å². The molecule has 1 aromatic heterocycles. The Kier molecular flexibility index (Phi) is 5.90. The second kappa shape index (κ2) is 8.60. The molecule has 1 saturated carbocycles. The zero-order chi connectivity index (χ0) is 21.1. The first-order chi connectivity index (χ1) is 14.5. The van der Waals surface area contributed by atoms with Gasteiger partial charge in [0, 0.05) is 10.8 Å². The Morgan fingerprint density at radius 2 is 1.93 bits per heavy atom. The number of hydrogen-bond donors (Lipinski definition) is 3. The zero-order valence-electron chi connectivity index (χ0n) is 17.1. The standard InChI is InChI=1S/C23H27N3O3S/c1-2-4-15-6-8-16(9-7-15)19(18-5-3-14-30-18)24-20(27)17-10-12-23(13-11-17)21(28)25-22(29)26-23/h3,5-9,14,17,19H,2,4,10-13H2,1H3,(H,24,27)(H2,25,26,28,29). The van der Waals surface area contributed by atoms with E-state index >= 15 is 0 Å². The lowest BCUT2D eigenvalue weighted by atomic mass is 9.76. The highest BCUT2D eigenvalue weighted by Crippen LogP contribution is 2.35. The van der Waals surface area contributed by atoms with Gasteiger partial charge in [0.1, 0.15) is 5.54 Å². The fourth-order valence-corrected chi connectivity index (χ4v) is 5.26. The minimum Gasteiger partial charge on any atom is -0.344 e. The van der Waals surface area contributed by atoms with Crippen molar-refractivity contribution in [2.45, 2.75) is 57.0 Å². The minimum atomic E-state index is -0.837. The molecular formula is C23H27N3O3S. The molecule has 4 rings (SSSR count). The van der Waals surface area contributed by atoms with Crippen molar-refractivity contribution in [1.82, 2.24) is 16.0 Å². The second-order valence-corrected chi connectivity index (χ2v) is 9.19. The molecule has 1 saturated heterocycles. The molecule has 7 heteroatoms. The number of carbonyl (C=O) groups is 3. The average Bonchev–Trinajstić information content (AvgIpc) is 3.36. The monoisotopic (exact) mass is 425 g/mol. The summed E-state index contributed by atoms with van der Waals surface area (Å²) in [5.41, 5.74) is 1.53. The minimum absolute atomic E-state index is 0.00520. The topological polar surface area (TPSA) is 87.3 Å². The van der Waals surface area contributed by atoms with Crippen LogP contribution in [0.1, 0.15) is 61.1 Å². The van der Waals surface area contributed by atoms with Gasteiger partial charge in [-0.2, -0.15) is 0 Å². The molecule has 2 heterocycles. The molecular weight excluding hydrogens is 398 g/mol. The molecule has 2 aromatic rings. The Hall–Kier alpha value is -2.67. The molecule has 0 bridgehead atoms. The summed E-state index contributed by atoms with van der Waals surface area (Å²) in [7, 11) is 0. The van der Waals surface area contributed by atoms with Crippen LogP contribution in [-0.2, 0) is 16.0 Å². The predicted octanol–water partition coefficient (Wildman–Crippen LogP) is 3.67. The third-order valence-electron chi connectivity index (χ3n) is 6.19. The Morgan fingerprint density at radius 1 is 1.20 bits per heavy atom. The van der Waals surface area contributed by atoms with Crippen molar-refractivity contribution in [3.05, 3.63) is 57.8 Å². The zero-order valence-corrected chi connectivity index (χ0v) is 17.9. The molecule has 3 N–H and O–H groups in total. The summed E-state index contributed by atoms with van der Waals surface area (Å²) in [5, 5.41) is 10.3. The van der Waals surface area contributed by atoms with E-state index in [1.807, 2.05) is 17.5 Å². The van der Waals surface area contributed by atoms with Crippen LogP contribution in [0.5, 0.6) is 0 Å². The van der Waals surface area contributed by atoms with E-state index in [4.69, 9.17) is 0 Å². The highest BCUT2D eigenvalue weighted by molar-refractivity contribution is 7.10. The lowest BCUT2D eigenvalue weighted by Crippen LogP contribution is -2.51. The number of aryl methyl sites for hydroxylation is 1. The van der Waals surface area contributed by atoms with Crippen molar-refractivity contribution in [2.24, 2.45) is 5.92 Å². The molecule has 1 aromatic carbocycles. The number of imide groups is 1. The number of benzene rings is 1. The van der Waals surface area contributed by atoms with Crippen molar-refractivity contribution >= 4 is 29.2 Å². The Labute approximate surface area is 180 Å². The third kappa shape index (κ3) is 4.12. The number of thiophene rings is 1. The van der Waals surface area contributed by atoms with E-state index in [9.17, 15) is 14.4 Å². The van der Waals surface area contributed by atoms with Gasteiger partial charge < -0.3 is 10.6 Å². The molecule has 6 nitrogen and oxygen atoms in total. The van der Waals surface area contributed by atoms with Crippen LogP contribution in [0.25, 0.3) is 0 Å². The largest absolute Gasteiger partial charge is 0.344 e. The number of hydrogen-bond acceptors (Lipinski definition) is 4. The van der Waals surface area contributed by atoms with Gasteiger partial charge in [0.2, 0.25) is 5.91 Å². The summed E-state index contributed by atoms with van der Waals surface area (Å²) >= 11 is 1.63. The maximum Gasteiger partial charge on any atom is 0.322 e. The van der Waals surface area contributed by atoms with Crippen molar-refractivity contribution in [1.29, 1.82) is 0 Å². The normalized spacial score (nSPS) is 24.4. The van der Waals surface area contributed by atoms with Gasteiger partial charge >= 0.3 is 6.03 Å². The number of rotatable bonds is 6. The average molecular weight is 426 g/mol. The summed E-state index contributed by atoms with van der Waals surface area (Å²) in [6.45, 7) is 2.16. The molecule has 158 valence electrons. The summed E-state index contributed by atoms with van der Waals surface area (Å²) in [6, 6.07) is 11.9. The summed E-state index contributed by atoms with van der Waals surface area (Å²) in [4.78, 5) is 37.9. The van der Waals surface area contributed by atoms with Crippen molar-refractivity contribution in [3.8, 4) is 0 Å². The maximum absolute atomic E-state index is 13.1. The predicted molar refractivity (Wildman–Crippen MR) is 116 cm³/mol. The molecule has 1 spiro atoms. The Balaban J connectivity index is 1.45. The number of amides is 4. The SMILES string of the molecule is CCCc1ccc(C(NC(=O)C2CCC3(CC2)NC(=O)NC3=O)c2cccs2)cc1.